The second-order valence-corrected chi connectivity index (χ2v) is 6.36. The van der Waals surface area contributed by atoms with Crippen molar-refractivity contribution in [2.45, 2.75) is 44.7 Å². The standard InChI is InChI=1S/C17H24F2N2/c18-17(19)15-4-1-3-13(11-15)12-21-9-6-14(7-10-21)16-5-2-8-20-16/h1,3-4,11,14,16-17,20H,2,5-10,12H2. The van der Waals surface area contributed by atoms with Crippen LogP contribution in [-0.4, -0.2) is 30.6 Å². The molecule has 1 atom stereocenters. The van der Waals surface area contributed by atoms with E-state index in [1.54, 1.807) is 12.1 Å². The van der Waals surface area contributed by atoms with Gasteiger partial charge in [-0.25, -0.2) is 8.78 Å². The van der Waals surface area contributed by atoms with Gasteiger partial charge in [0, 0.05) is 18.2 Å². The topological polar surface area (TPSA) is 15.3 Å². The minimum Gasteiger partial charge on any atom is -0.314 e. The molecule has 1 aromatic carbocycles. The third kappa shape index (κ3) is 3.80. The van der Waals surface area contributed by atoms with E-state index in [2.05, 4.69) is 10.2 Å². The molecule has 1 unspecified atom stereocenters. The molecule has 0 aliphatic carbocycles. The zero-order valence-electron chi connectivity index (χ0n) is 12.4. The molecule has 0 radical (unpaired) electrons. The summed E-state index contributed by atoms with van der Waals surface area (Å²) in [4.78, 5) is 2.40. The second kappa shape index (κ2) is 6.84. The van der Waals surface area contributed by atoms with Crippen LogP contribution in [0.15, 0.2) is 24.3 Å². The number of hydrogen-bond donors (Lipinski definition) is 1. The average molecular weight is 294 g/mol. The van der Waals surface area contributed by atoms with E-state index in [1.165, 1.54) is 38.3 Å². The lowest BCUT2D eigenvalue weighted by atomic mass is 9.88. The Morgan fingerprint density at radius 1 is 1.19 bits per heavy atom. The summed E-state index contributed by atoms with van der Waals surface area (Å²) in [6.07, 6.45) is 2.72. The minimum atomic E-state index is -2.37. The summed E-state index contributed by atoms with van der Waals surface area (Å²) in [5.74, 6) is 0.802. The fourth-order valence-corrected chi connectivity index (χ4v) is 3.71. The Bertz CT molecular complexity index is 450. The number of halogens is 2. The van der Waals surface area contributed by atoms with Crippen LogP contribution in [0, 0.1) is 5.92 Å². The van der Waals surface area contributed by atoms with Crippen molar-refractivity contribution in [2.24, 2.45) is 5.92 Å². The van der Waals surface area contributed by atoms with E-state index >= 15 is 0 Å². The number of hydrogen-bond acceptors (Lipinski definition) is 2. The van der Waals surface area contributed by atoms with Gasteiger partial charge >= 0.3 is 0 Å². The van der Waals surface area contributed by atoms with Crippen molar-refractivity contribution in [3.8, 4) is 0 Å². The molecule has 2 aliphatic heterocycles. The number of rotatable bonds is 4. The highest BCUT2D eigenvalue weighted by atomic mass is 19.3. The van der Waals surface area contributed by atoms with Gasteiger partial charge < -0.3 is 5.32 Å². The van der Waals surface area contributed by atoms with Gasteiger partial charge in [0.2, 0.25) is 0 Å². The molecule has 0 spiro atoms. The van der Waals surface area contributed by atoms with E-state index in [9.17, 15) is 8.78 Å². The van der Waals surface area contributed by atoms with E-state index in [0.717, 1.165) is 31.1 Å². The molecule has 0 amide bonds. The van der Waals surface area contributed by atoms with Crippen LogP contribution < -0.4 is 5.32 Å². The van der Waals surface area contributed by atoms with Crippen LogP contribution in [-0.2, 0) is 6.54 Å². The minimum absolute atomic E-state index is 0.137. The van der Waals surface area contributed by atoms with Gasteiger partial charge in [-0.1, -0.05) is 18.2 Å². The molecular formula is C17H24F2N2. The first-order chi connectivity index (χ1) is 10.2. The summed E-state index contributed by atoms with van der Waals surface area (Å²) in [6, 6.07) is 7.57. The number of benzene rings is 1. The van der Waals surface area contributed by atoms with Gasteiger partial charge in [0.25, 0.3) is 6.43 Å². The van der Waals surface area contributed by atoms with Crippen LogP contribution in [0.4, 0.5) is 8.78 Å². The Kier molecular flexibility index (Phi) is 4.86. The van der Waals surface area contributed by atoms with Crippen LogP contribution in [0.1, 0.15) is 43.2 Å². The highest BCUT2D eigenvalue weighted by Gasteiger charge is 2.28. The summed E-state index contributed by atoms with van der Waals surface area (Å²) < 4.78 is 25.5. The van der Waals surface area contributed by atoms with Crippen molar-refractivity contribution in [2.75, 3.05) is 19.6 Å². The molecule has 2 heterocycles. The Morgan fingerprint density at radius 2 is 2.00 bits per heavy atom. The Balaban J connectivity index is 1.52. The van der Waals surface area contributed by atoms with Crippen LogP contribution in [0.5, 0.6) is 0 Å². The Hall–Kier alpha value is -1.00. The van der Waals surface area contributed by atoms with Crippen molar-refractivity contribution in [1.82, 2.24) is 10.2 Å². The summed E-state index contributed by atoms with van der Waals surface area (Å²) in [5.41, 5.74) is 1.14. The SMILES string of the molecule is FC(F)c1cccc(CN2CCC(C3CCCN3)CC2)c1. The molecule has 2 nitrogen and oxygen atoms in total. The first-order valence-electron chi connectivity index (χ1n) is 8.05. The molecule has 0 aromatic heterocycles. The van der Waals surface area contributed by atoms with E-state index in [-0.39, 0.29) is 5.56 Å². The summed E-state index contributed by atoms with van der Waals surface area (Å²) in [7, 11) is 0. The normalized spacial score (nSPS) is 24.8. The van der Waals surface area contributed by atoms with Gasteiger partial charge in [-0.2, -0.15) is 0 Å². The Labute approximate surface area is 125 Å². The average Bonchev–Trinajstić information content (AvgIpc) is 3.02. The van der Waals surface area contributed by atoms with E-state index < -0.39 is 6.43 Å². The third-order valence-electron chi connectivity index (χ3n) is 4.91. The molecule has 2 saturated heterocycles. The van der Waals surface area contributed by atoms with E-state index in [4.69, 9.17) is 0 Å². The number of likely N-dealkylation sites (tertiary alicyclic amines) is 1. The zero-order valence-corrected chi connectivity index (χ0v) is 12.4. The van der Waals surface area contributed by atoms with Crippen LogP contribution in [0.2, 0.25) is 0 Å². The lowest BCUT2D eigenvalue weighted by Crippen LogP contribution is -2.40. The molecule has 0 bridgehead atoms. The molecule has 0 saturated carbocycles. The molecule has 4 heteroatoms. The summed E-state index contributed by atoms with van der Waals surface area (Å²) >= 11 is 0. The van der Waals surface area contributed by atoms with Gasteiger partial charge in [0.1, 0.15) is 0 Å². The highest BCUT2D eigenvalue weighted by molar-refractivity contribution is 5.24. The molecule has 1 N–H and O–H groups in total. The van der Waals surface area contributed by atoms with Gasteiger partial charge in [0.05, 0.1) is 0 Å². The monoisotopic (exact) mass is 294 g/mol. The van der Waals surface area contributed by atoms with Gasteiger partial charge in [-0.3, -0.25) is 4.90 Å². The van der Waals surface area contributed by atoms with E-state index in [1.807, 2.05) is 6.07 Å². The van der Waals surface area contributed by atoms with Crippen molar-refractivity contribution in [1.29, 1.82) is 0 Å². The lowest BCUT2D eigenvalue weighted by Gasteiger charge is -2.35. The first-order valence-corrected chi connectivity index (χ1v) is 8.05. The largest absolute Gasteiger partial charge is 0.314 e. The maximum Gasteiger partial charge on any atom is 0.263 e. The van der Waals surface area contributed by atoms with Crippen LogP contribution in [0.3, 0.4) is 0 Å². The molecule has 2 fully saturated rings. The maximum atomic E-state index is 12.7. The molecule has 116 valence electrons. The molecule has 1 aromatic rings. The van der Waals surface area contributed by atoms with Crippen molar-refractivity contribution in [3.63, 3.8) is 0 Å². The van der Waals surface area contributed by atoms with Gasteiger partial charge in [-0.05, 0) is 62.9 Å². The fraction of sp³-hybridized carbons (Fsp3) is 0.647. The predicted molar refractivity (Wildman–Crippen MR) is 80.4 cm³/mol. The quantitative estimate of drug-likeness (QED) is 0.913. The Morgan fingerprint density at radius 3 is 2.67 bits per heavy atom. The summed E-state index contributed by atoms with van der Waals surface area (Å²) in [6.45, 7) is 4.14. The van der Waals surface area contributed by atoms with Crippen LogP contribution in [0.25, 0.3) is 0 Å². The fourth-order valence-electron chi connectivity index (χ4n) is 3.71. The predicted octanol–water partition coefficient (Wildman–Crippen LogP) is 3.59. The molecule has 21 heavy (non-hydrogen) atoms. The van der Waals surface area contributed by atoms with Crippen LogP contribution >= 0.6 is 0 Å². The molecule has 2 aliphatic rings. The van der Waals surface area contributed by atoms with Gasteiger partial charge in [-0.15, -0.1) is 0 Å². The highest BCUT2D eigenvalue weighted by Crippen LogP contribution is 2.27. The second-order valence-electron chi connectivity index (χ2n) is 6.36. The molecule has 3 rings (SSSR count). The van der Waals surface area contributed by atoms with Crippen molar-refractivity contribution >= 4 is 0 Å². The smallest absolute Gasteiger partial charge is 0.263 e. The van der Waals surface area contributed by atoms with Crippen molar-refractivity contribution < 1.29 is 8.78 Å². The zero-order chi connectivity index (χ0) is 14.7. The number of nitrogens with one attached hydrogen (secondary N) is 1. The third-order valence-corrected chi connectivity index (χ3v) is 4.91. The van der Waals surface area contributed by atoms with E-state index in [0.29, 0.717) is 6.04 Å². The number of alkyl halides is 2. The number of nitrogens with zero attached hydrogens (tertiary/aromatic N) is 1. The van der Waals surface area contributed by atoms with Crippen molar-refractivity contribution in [3.05, 3.63) is 35.4 Å². The lowest BCUT2D eigenvalue weighted by molar-refractivity contribution is 0.149. The van der Waals surface area contributed by atoms with Gasteiger partial charge in [0.15, 0.2) is 0 Å². The summed E-state index contributed by atoms with van der Waals surface area (Å²) in [5, 5.41) is 3.61. The number of piperidine rings is 1. The first kappa shape index (κ1) is 14.9. The molecular weight excluding hydrogens is 270 g/mol. The maximum absolute atomic E-state index is 12.7.